The van der Waals surface area contributed by atoms with Gasteiger partial charge in [-0.2, -0.15) is 17.6 Å². The molecule has 0 atom stereocenters. The van der Waals surface area contributed by atoms with Crippen molar-refractivity contribution in [3.63, 3.8) is 0 Å². The van der Waals surface area contributed by atoms with Gasteiger partial charge in [0.15, 0.2) is 17.4 Å². The maximum Gasteiger partial charge on any atom is 0.425 e. The van der Waals surface area contributed by atoms with E-state index in [9.17, 15) is 30.7 Å². The van der Waals surface area contributed by atoms with Gasteiger partial charge in [0, 0.05) is 5.56 Å². The molecule has 0 bridgehead atoms. The molecular weight excluding hydrogens is 449 g/mol. The summed E-state index contributed by atoms with van der Waals surface area (Å²) >= 11 is 0. The van der Waals surface area contributed by atoms with Gasteiger partial charge >= 0.3 is 6.11 Å². The molecule has 0 fully saturated rings. The van der Waals surface area contributed by atoms with Crippen LogP contribution in [-0.2, 0) is 6.42 Å². The Labute approximate surface area is 186 Å². The minimum atomic E-state index is -4.64. The average Bonchev–Trinajstić information content (AvgIpc) is 2.74. The molecule has 0 aliphatic heterocycles. The molecule has 0 amide bonds. The van der Waals surface area contributed by atoms with Gasteiger partial charge in [0.05, 0.1) is 6.08 Å². The van der Waals surface area contributed by atoms with Crippen LogP contribution in [0.5, 0.6) is 5.75 Å². The van der Waals surface area contributed by atoms with Gasteiger partial charge in [0.25, 0.3) is 6.08 Å². The number of halogens is 7. The van der Waals surface area contributed by atoms with Crippen molar-refractivity contribution < 1.29 is 35.5 Å². The van der Waals surface area contributed by atoms with Gasteiger partial charge in [-0.25, -0.2) is 13.2 Å². The van der Waals surface area contributed by atoms with Crippen molar-refractivity contribution in [2.24, 2.45) is 0 Å². The van der Waals surface area contributed by atoms with E-state index in [0.717, 1.165) is 30.4 Å². The fourth-order valence-electron chi connectivity index (χ4n) is 3.28. The molecule has 0 heterocycles. The molecular formula is C25H19F7O. The predicted octanol–water partition coefficient (Wildman–Crippen LogP) is 8.53. The minimum Gasteiger partial charge on any atom is -0.423 e. The molecule has 0 aromatic heterocycles. The normalized spacial score (nSPS) is 11.4. The summed E-state index contributed by atoms with van der Waals surface area (Å²) in [6, 6.07) is 12.8. The van der Waals surface area contributed by atoms with Crippen molar-refractivity contribution in [1.82, 2.24) is 0 Å². The maximum absolute atomic E-state index is 14.8. The second kappa shape index (κ2) is 10.1. The Kier molecular flexibility index (Phi) is 7.46. The first-order valence-electron chi connectivity index (χ1n) is 10.1. The summed E-state index contributed by atoms with van der Waals surface area (Å²) in [5.74, 6) is -5.53. The fourth-order valence-corrected chi connectivity index (χ4v) is 3.28. The third kappa shape index (κ3) is 6.15. The number of alkyl halides is 2. The molecule has 0 unspecified atom stereocenters. The second-order valence-corrected chi connectivity index (χ2v) is 7.36. The van der Waals surface area contributed by atoms with Crippen LogP contribution in [0.1, 0.15) is 25.3 Å². The number of unbranched alkanes of at least 4 members (excludes halogenated alkanes) is 1. The lowest BCUT2D eigenvalue weighted by Gasteiger charge is -2.16. The molecule has 0 aliphatic rings. The van der Waals surface area contributed by atoms with E-state index in [1.54, 1.807) is 6.07 Å². The van der Waals surface area contributed by atoms with Crippen LogP contribution in [0, 0.1) is 17.5 Å². The molecule has 3 aromatic carbocycles. The maximum atomic E-state index is 14.8. The summed E-state index contributed by atoms with van der Waals surface area (Å²) in [6.07, 6.45) is -5.24. The van der Waals surface area contributed by atoms with Crippen LogP contribution >= 0.6 is 0 Å². The number of hydrogen-bond donors (Lipinski definition) is 0. The molecule has 0 saturated heterocycles. The molecule has 1 nitrogen and oxygen atoms in total. The van der Waals surface area contributed by atoms with Gasteiger partial charge in [-0.3, -0.25) is 0 Å². The summed E-state index contributed by atoms with van der Waals surface area (Å²) in [5.41, 5.74) is 1.99. The fraction of sp³-hybridized carbons (Fsp3) is 0.200. The van der Waals surface area contributed by atoms with Crippen molar-refractivity contribution in [1.29, 1.82) is 0 Å². The van der Waals surface area contributed by atoms with Gasteiger partial charge in [0.1, 0.15) is 5.82 Å². The molecule has 0 radical (unpaired) electrons. The van der Waals surface area contributed by atoms with Crippen LogP contribution in [0.3, 0.4) is 0 Å². The zero-order valence-corrected chi connectivity index (χ0v) is 17.4. The van der Waals surface area contributed by atoms with E-state index < -0.39 is 41.5 Å². The molecule has 3 aromatic rings. The van der Waals surface area contributed by atoms with Crippen LogP contribution in [-0.4, -0.2) is 6.11 Å². The van der Waals surface area contributed by atoms with E-state index in [1.807, 2.05) is 24.3 Å². The first-order chi connectivity index (χ1) is 15.6. The zero-order valence-electron chi connectivity index (χ0n) is 17.4. The highest BCUT2D eigenvalue weighted by Crippen LogP contribution is 2.35. The summed E-state index contributed by atoms with van der Waals surface area (Å²) in [4.78, 5) is 0. The zero-order chi connectivity index (χ0) is 24.2. The molecule has 33 heavy (non-hydrogen) atoms. The quantitative estimate of drug-likeness (QED) is 0.301. The van der Waals surface area contributed by atoms with Crippen LogP contribution in [0.15, 0.2) is 66.8 Å². The highest BCUT2D eigenvalue weighted by atomic mass is 19.3. The molecule has 174 valence electrons. The van der Waals surface area contributed by atoms with Gasteiger partial charge in [0.2, 0.25) is 0 Å². The van der Waals surface area contributed by atoms with E-state index in [4.69, 9.17) is 0 Å². The van der Waals surface area contributed by atoms with E-state index in [2.05, 4.69) is 11.7 Å². The van der Waals surface area contributed by atoms with Crippen LogP contribution in [0.25, 0.3) is 22.3 Å². The molecule has 0 aliphatic carbocycles. The first kappa shape index (κ1) is 24.4. The highest BCUT2D eigenvalue weighted by Gasteiger charge is 2.33. The van der Waals surface area contributed by atoms with Crippen molar-refractivity contribution in [2.75, 3.05) is 0 Å². The smallest absolute Gasteiger partial charge is 0.423 e. The molecule has 8 heteroatoms. The third-order valence-corrected chi connectivity index (χ3v) is 4.90. The molecule has 0 spiro atoms. The monoisotopic (exact) mass is 468 g/mol. The Morgan fingerprint density at radius 1 is 0.818 bits per heavy atom. The topological polar surface area (TPSA) is 9.23 Å². The van der Waals surface area contributed by atoms with E-state index in [1.165, 1.54) is 12.1 Å². The predicted molar refractivity (Wildman–Crippen MR) is 112 cm³/mol. The lowest BCUT2D eigenvalue weighted by atomic mass is 9.98. The van der Waals surface area contributed by atoms with Crippen LogP contribution < -0.4 is 4.74 Å². The van der Waals surface area contributed by atoms with Crippen molar-refractivity contribution >= 4 is 0 Å². The number of rotatable bonds is 8. The highest BCUT2D eigenvalue weighted by molar-refractivity contribution is 5.71. The molecule has 3 rings (SSSR count). The first-order valence-corrected chi connectivity index (χ1v) is 10.1. The molecule has 0 N–H and O–H groups in total. The standard InChI is InChI=1S/C25H19F7O/c1-2-3-4-15-5-7-16(8-6-15)17-9-10-19(20(26)11-17)18-12-21(27)24(22(28)13-18)33-25(31,32)14-23(29)30/h5-14H,2-4H2,1H3. The Balaban J connectivity index is 1.87. The average molecular weight is 468 g/mol. The third-order valence-electron chi connectivity index (χ3n) is 4.90. The van der Waals surface area contributed by atoms with E-state index >= 15 is 0 Å². The summed E-state index contributed by atoms with van der Waals surface area (Å²) in [5, 5.41) is 0. The SMILES string of the molecule is CCCCc1ccc(-c2ccc(-c3cc(F)c(OC(F)(F)C=C(F)F)c(F)c3)c(F)c2)cc1. The number of ether oxygens (including phenoxy) is 1. The summed E-state index contributed by atoms with van der Waals surface area (Å²) in [7, 11) is 0. The second-order valence-electron chi connectivity index (χ2n) is 7.36. The number of aryl methyl sites for hydroxylation is 1. The van der Waals surface area contributed by atoms with Crippen molar-refractivity contribution in [3.8, 4) is 28.0 Å². The van der Waals surface area contributed by atoms with Crippen LogP contribution in [0.4, 0.5) is 30.7 Å². The summed E-state index contributed by atoms with van der Waals surface area (Å²) < 4.78 is 97.8. The van der Waals surface area contributed by atoms with Gasteiger partial charge < -0.3 is 4.74 Å². The Hall–Kier alpha value is -3.29. The number of benzene rings is 3. The van der Waals surface area contributed by atoms with Crippen LogP contribution in [0.2, 0.25) is 0 Å². The van der Waals surface area contributed by atoms with Gasteiger partial charge in [-0.05, 0) is 53.3 Å². The molecule has 0 saturated carbocycles. The summed E-state index contributed by atoms with van der Waals surface area (Å²) in [6.45, 7) is 2.09. The van der Waals surface area contributed by atoms with Crippen molar-refractivity contribution in [2.45, 2.75) is 32.3 Å². The van der Waals surface area contributed by atoms with Crippen molar-refractivity contribution in [3.05, 3.63) is 89.8 Å². The minimum absolute atomic E-state index is 0.177. The lowest BCUT2D eigenvalue weighted by Crippen LogP contribution is -2.23. The largest absolute Gasteiger partial charge is 0.425 e. The van der Waals surface area contributed by atoms with E-state index in [-0.39, 0.29) is 11.1 Å². The van der Waals surface area contributed by atoms with E-state index in [0.29, 0.717) is 17.7 Å². The van der Waals surface area contributed by atoms with Gasteiger partial charge in [-0.15, -0.1) is 0 Å². The Morgan fingerprint density at radius 3 is 1.94 bits per heavy atom. The lowest BCUT2D eigenvalue weighted by molar-refractivity contribution is -0.137. The Morgan fingerprint density at radius 2 is 1.39 bits per heavy atom. The number of hydrogen-bond acceptors (Lipinski definition) is 1. The van der Waals surface area contributed by atoms with Gasteiger partial charge in [-0.1, -0.05) is 49.7 Å². The Bertz CT molecular complexity index is 1130.